The topological polar surface area (TPSA) is 120 Å². The second kappa shape index (κ2) is 8.95. The minimum Gasteiger partial charge on any atom is -0.457 e. The fourth-order valence-electron chi connectivity index (χ4n) is 4.05. The van der Waals surface area contributed by atoms with Crippen molar-refractivity contribution in [2.75, 3.05) is 16.8 Å². The number of anilines is 1. The summed E-state index contributed by atoms with van der Waals surface area (Å²) in [6.45, 7) is 1.84. The van der Waals surface area contributed by atoms with Crippen LogP contribution >= 0.6 is 11.3 Å². The van der Waals surface area contributed by atoms with Gasteiger partial charge in [0.15, 0.2) is 20.7 Å². The molecule has 178 valence electrons. The van der Waals surface area contributed by atoms with Gasteiger partial charge in [0, 0.05) is 11.6 Å². The number of thiazole rings is 1. The number of nitrogens with zero attached hydrogens (tertiary/aromatic N) is 3. The highest BCUT2D eigenvalue weighted by atomic mass is 32.2. The van der Waals surface area contributed by atoms with Gasteiger partial charge in [-0.2, -0.15) is 5.10 Å². The fourth-order valence-corrected chi connectivity index (χ4v) is 6.60. The maximum Gasteiger partial charge on any atom is 0.350 e. The van der Waals surface area contributed by atoms with Crippen molar-refractivity contribution < 1.29 is 22.7 Å². The molecule has 1 aliphatic carbocycles. The SMILES string of the molecule is Cc1nc(NC(=O)c2cc(C3CC3)n(C3CCS(=O)(=O)C3)n2)sc1C(=O)OCc1ccccc1. The van der Waals surface area contributed by atoms with Crippen LogP contribution in [0.3, 0.4) is 0 Å². The molecule has 1 unspecified atom stereocenters. The van der Waals surface area contributed by atoms with Crippen LogP contribution in [0.5, 0.6) is 0 Å². The van der Waals surface area contributed by atoms with Gasteiger partial charge in [0.1, 0.15) is 11.5 Å². The first-order valence-electron chi connectivity index (χ1n) is 11.1. The Labute approximate surface area is 201 Å². The number of carbonyl (C=O) groups is 2. The van der Waals surface area contributed by atoms with Crippen molar-refractivity contribution in [2.45, 2.75) is 44.8 Å². The first-order chi connectivity index (χ1) is 16.3. The molecule has 1 saturated heterocycles. The number of ether oxygens (including phenoxy) is 1. The molecule has 0 radical (unpaired) electrons. The molecule has 2 aliphatic rings. The van der Waals surface area contributed by atoms with Gasteiger partial charge in [0.05, 0.1) is 23.2 Å². The highest BCUT2D eigenvalue weighted by Gasteiger charge is 2.36. The van der Waals surface area contributed by atoms with Gasteiger partial charge < -0.3 is 4.74 Å². The molecule has 34 heavy (non-hydrogen) atoms. The van der Waals surface area contributed by atoms with Gasteiger partial charge in [-0.1, -0.05) is 41.7 Å². The van der Waals surface area contributed by atoms with Gasteiger partial charge in [-0.15, -0.1) is 0 Å². The maximum atomic E-state index is 12.9. The van der Waals surface area contributed by atoms with E-state index in [2.05, 4.69) is 15.4 Å². The molecule has 9 nitrogen and oxygen atoms in total. The predicted octanol–water partition coefficient (Wildman–Crippen LogP) is 3.49. The highest BCUT2D eigenvalue weighted by molar-refractivity contribution is 7.91. The lowest BCUT2D eigenvalue weighted by molar-refractivity contribution is 0.0477. The standard InChI is InChI=1S/C23H24N4O5S2/c1-14-20(22(29)32-12-15-5-3-2-4-6-15)33-23(24-14)25-21(28)18-11-19(16-7-8-16)27(26-18)17-9-10-34(30,31)13-17/h2-6,11,16-17H,7-10,12-13H2,1H3,(H,24,25,28). The quantitative estimate of drug-likeness (QED) is 0.493. The van der Waals surface area contributed by atoms with Crippen molar-refractivity contribution in [3.05, 3.63) is 63.9 Å². The molecule has 2 fully saturated rings. The summed E-state index contributed by atoms with van der Waals surface area (Å²) in [5.41, 5.74) is 2.47. The molecule has 1 aromatic carbocycles. The summed E-state index contributed by atoms with van der Waals surface area (Å²) in [5, 5.41) is 7.47. The Kier molecular flexibility index (Phi) is 5.98. The number of aryl methyl sites for hydroxylation is 1. The summed E-state index contributed by atoms with van der Waals surface area (Å²) in [4.78, 5) is 30.0. The van der Waals surface area contributed by atoms with E-state index in [1.807, 2.05) is 30.3 Å². The Balaban J connectivity index is 1.28. The minimum absolute atomic E-state index is 0.0512. The third kappa shape index (κ3) is 4.90. The van der Waals surface area contributed by atoms with Crippen molar-refractivity contribution >= 4 is 38.2 Å². The van der Waals surface area contributed by atoms with Crippen LogP contribution in [0.1, 0.15) is 68.3 Å². The highest BCUT2D eigenvalue weighted by Crippen LogP contribution is 2.42. The third-order valence-corrected chi connectivity index (χ3v) is 8.77. The molecule has 0 spiro atoms. The normalized spacial score (nSPS) is 19.1. The molecule has 1 saturated carbocycles. The van der Waals surface area contributed by atoms with Crippen molar-refractivity contribution in [3.63, 3.8) is 0 Å². The number of amides is 1. The van der Waals surface area contributed by atoms with Crippen LogP contribution in [0, 0.1) is 6.92 Å². The molecule has 1 amide bonds. The summed E-state index contributed by atoms with van der Waals surface area (Å²) in [5.74, 6) is -0.438. The van der Waals surface area contributed by atoms with E-state index in [4.69, 9.17) is 4.74 Å². The third-order valence-electron chi connectivity index (χ3n) is 5.96. The van der Waals surface area contributed by atoms with Crippen LogP contribution in [-0.2, 0) is 21.2 Å². The van der Waals surface area contributed by atoms with Crippen LogP contribution in [0.4, 0.5) is 5.13 Å². The number of hydrogen-bond donors (Lipinski definition) is 1. The lowest BCUT2D eigenvalue weighted by atomic mass is 10.2. The first kappa shape index (κ1) is 22.7. The molecule has 1 atom stereocenters. The van der Waals surface area contributed by atoms with Crippen LogP contribution in [0.25, 0.3) is 0 Å². The molecule has 1 N–H and O–H groups in total. The Morgan fingerprint density at radius 1 is 1.21 bits per heavy atom. The van der Waals surface area contributed by atoms with E-state index in [-0.39, 0.29) is 35.0 Å². The molecule has 5 rings (SSSR count). The fraction of sp³-hybridized carbons (Fsp3) is 0.391. The summed E-state index contributed by atoms with van der Waals surface area (Å²) < 4.78 is 31.0. The van der Waals surface area contributed by atoms with E-state index in [0.29, 0.717) is 22.9 Å². The number of nitrogens with one attached hydrogen (secondary N) is 1. The van der Waals surface area contributed by atoms with Crippen molar-refractivity contribution in [3.8, 4) is 0 Å². The summed E-state index contributed by atoms with van der Waals surface area (Å²) >= 11 is 1.05. The summed E-state index contributed by atoms with van der Waals surface area (Å²) in [6.07, 6.45) is 2.52. The Morgan fingerprint density at radius 3 is 2.65 bits per heavy atom. The molecule has 3 aromatic rings. The summed E-state index contributed by atoms with van der Waals surface area (Å²) in [7, 11) is -3.07. The van der Waals surface area contributed by atoms with E-state index < -0.39 is 21.7 Å². The molecular weight excluding hydrogens is 476 g/mol. The second-order valence-electron chi connectivity index (χ2n) is 8.68. The van der Waals surface area contributed by atoms with Crippen LogP contribution in [0.2, 0.25) is 0 Å². The molecule has 3 heterocycles. The largest absolute Gasteiger partial charge is 0.457 e. The molecule has 0 bridgehead atoms. The van der Waals surface area contributed by atoms with Crippen LogP contribution < -0.4 is 5.32 Å². The Morgan fingerprint density at radius 2 is 1.97 bits per heavy atom. The van der Waals surface area contributed by atoms with E-state index in [0.717, 1.165) is 35.4 Å². The number of carbonyl (C=O) groups excluding carboxylic acids is 2. The Hall–Kier alpha value is -3.05. The van der Waals surface area contributed by atoms with Gasteiger partial charge in [-0.05, 0) is 37.8 Å². The molecular formula is C23H24N4O5S2. The number of sulfone groups is 1. The number of rotatable bonds is 7. The molecule has 1 aliphatic heterocycles. The zero-order chi connectivity index (χ0) is 23.9. The predicted molar refractivity (Wildman–Crippen MR) is 127 cm³/mol. The minimum atomic E-state index is -3.07. The van der Waals surface area contributed by atoms with E-state index in [1.54, 1.807) is 17.7 Å². The average Bonchev–Trinajstić information content (AvgIpc) is 3.28. The average molecular weight is 501 g/mol. The van der Waals surface area contributed by atoms with Crippen LogP contribution in [0.15, 0.2) is 36.4 Å². The number of esters is 1. The van der Waals surface area contributed by atoms with E-state index in [9.17, 15) is 18.0 Å². The second-order valence-corrected chi connectivity index (χ2v) is 11.9. The number of benzene rings is 1. The van der Waals surface area contributed by atoms with Crippen molar-refractivity contribution in [1.82, 2.24) is 14.8 Å². The lowest BCUT2D eigenvalue weighted by Crippen LogP contribution is -2.17. The zero-order valence-corrected chi connectivity index (χ0v) is 20.2. The van der Waals surface area contributed by atoms with E-state index in [1.165, 1.54) is 0 Å². The van der Waals surface area contributed by atoms with Crippen molar-refractivity contribution in [1.29, 1.82) is 0 Å². The number of aromatic nitrogens is 3. The van der Waals surface area contributed by atoms with Gasteiger partial charge in [-0.3, -0.25) is 14.8 Å². The summed E-state index contributed by atoms with van der Waals surface area (Å²) in [6, 6.07) is 10.9. The number of hydrogen-bond acceptors (Lipinski definition) is 8. The zero-order valence-electron chi connectivity index (χ0n) is 18.6. The van der Waals surface area contributed by atoms with Gasteiger partial charge in [-0.25, -0.2) is 18.2 Å². The van der Waals surface area contributed by atoms with Gasteiger partial charge >= 0.3 is 5.97 Å². The molecule has 11 heteroatoms. The Bertz CT molecular complexity index is 1340. The van der Waals surface area contributed by atoms with Crippen molar-refractivity contribution in [2.24, 2.45) is 0 Å². The van der Waals surface area contributed by atoms with Crippen LogP contribution in [-0.4, -0.2) is 46.6 Å². The lowest BCUT2D eigenvalue weighted by Gasteiger charge is -2.12. The van der Waals surface area contributed by atoms with E-state index >= 15 is 0 Å². The monoisotopic (exact) mass is 500 g/mol. The molecule has 2 aromatic heterocycles. The first-order valence-corrected chi connectivity index (χ1v) is 13.7. The maximum absolute atomic E-state index is 12.9. The smallest absolute Gasteiger partial charge is 0.350 e. The van der Waals surface area contributed by atoms with Gasteiger partial charge in [0.2, 0.25) is 0 Å². The van der Waals surface area contributed by atoms with Gasteiger partial charge in [0.25, 0.3) is 5.91 Å².